The van der Waals surface area contributed by atoms with E-state index in [-0.39, 0.29) is 13.1 Å². The number of hydrogen-bond donors (Lipinski definition) is 2. The molecule has 0 aliphatic carbocycles. The van der Waals surface area contributed by atoms with Crippen molar-refractivity contribution < 1.29 is 14.7 Å². The average molecular weight is 285 g/mol. The fourth-order valence-corrected chi connectivity index (χ4v) is 1.89. The first-order valence-electron chi connectivity index (χ1n) is 6.33. The van der Waals surface area contributed by atoms with Gasteiger partial charge < -0.3 is 15.3 Å². The van der Waals surface area contributed by atoms with Crippen molar-refractivity contribution in [2.24, 2.45) is 0 Å². The maximum Gasteiger partial charge on any atom is 0.323 e. The Kier molecular flexibility index (Phi) is 4.50. The highest BCUT2D eigenvalue weighted by Gasteiger charge is 2.15. The molecule has 0 bridgehead atoms. The molecule has 2 N–H and O–H groups in total. The van der Waals surface area contributed by atoms with E-state index in [1.807, 2.05) is 12.1 Å². The Bertz CT molecular complexity index is 685. The van der Waals surface area contributed by atoms with Crippen LogP contribution in [0.3, 0.4) is 0 Å². The van der Waals surface area contributed by atoms with Crippen LogP contribution in [0.2, 0.25) is 0 Å². The summed E-state index contributed by atoms with van der Waals surface area (Å²) in [6, 6.07) is 8.51. The molecular weight excluding hydrogens is 270 g/mol. The van der Waals surface area contributed by atoms with Crippen molar-refractivity contribution in [3.8, 4) is 0 Å². The molecule has 6 heteroatoms. The second-order valence-corrected chi connectivity index (χ2v) is 4.40. The van der Waals surface area contributed by atoms with Gasteiger partial charge in [-0.3, -0.25) is 9.78 Å². The molecule has 0 unspecified atom stereocenters. The first kappa shape index (κ1) is 14.5. The molecule has 0 spiro atoms. The van der Waals surface area contributed by atoms with Crippen LogP contribution in [0.25, 0.3) is 10.9 Å². The van der Waals surface area contributed by atoms with Gasteiger partial charge in [0.1, 0.15) is 6.54 Å². The lowest BCUT2D eigenvalue weighted by atomic mass is 10.2. The van der Waals surface area contributed by atoms with E-state index >= 15 is 0 Å². The second-order valence-electron chi connectivity index (χ2n) is 4.40. The van der Waals surface area contributed by atoms with Gasteiger partial charge in [0.05, 0.1) is 5.52 Å². The molecule has 2 aromatic rings. The van der Waals surface area contributed by atoms with E-state index < -0.39 is 12.0 Å². The Balaban J connectivity index is 2.15. The molecule has 2 rings (SSSR count). The third-order valence-electron chi connectivity index (χ3n) is 2.82. The normalized spacial score (nSPS) is 10.1. The zero-order valence-electron chi connectivity index (χ0n) is 11.3. The second kappa shape index (κ2) is 6.51. The molecule has 0 saturated carbocycles. The summed E-state index contributed by atoms with van der Waals surface area (Å²) in [6.45, 7) is 3.29. The van der Waals surface area contributed by atoms with Crippen LogP contribution in [-0.2, 0) is 4.79 Å². The minimum absolute atomic E-state index is 0.160. The van der Waals surface area contributed by atoms with Crippen LogP contribution in [0.4, 0.5) is 10.5 Å². The lowest BCUT2D eigenvalue weighted by Crippen LogP contribution is -2.38. The van der Waals surface area contributed by atoms with Gasteiger partial charge in [-0.05, 0) is 24.3 Å². The molecule has 1 aromatic heterocycles. The SMILES string of the molecule is C=CCN(CC(=O)O)C(=O)Nc1ccc2ncccc2c1. The van der Waals surface area contributed by atoms with Crippen LogP contribution in [0.1, 0.15) is 0 Å². The number of aromatic nitrogens is 1. The Hall–Kier alpha value is -2.89. The summed E-state index contributed by atoms with van der Waals surface area (Å²) in [5.41, 5.74) is 1.41. The number of carboxylic acid groups (broad SMARTS) is 1. The maximum absolute atomic E-state index is 12.1. The molecule has 0 radical (unpaired) electrons. The molecular formula is C15H15N3O3. The van der Waals surface area contributed by atoms with E-state index in [4.69, 9.17) is 5.11 Å². The van der Waals surface area contributed by atoms with Crippen molar-refractivity contribution in [3.63, 3.8) is 0 Å². The molecule has 1 aromatic carbocycles. The summed E-state index contributed by atoms with van der Waals surface area (Å²) in [4.78, 5) is 28.2. The van der Waals surface area contributed by atoms with Crippen LogP contribution in [0.15, 0.2) is 49.2 Å². The van der Waals surface area contributed by atoms with Gasteiger partial charge >= 0.3 is 12.0 Å². The van der Waals surface area contributed by atoms with Gasteiger partial charge in [-0.25, -0.2) is 4.79 Å². The van der Waals surface area contributed by atoms with E-state index in [1.165, 1.54) is 6.08 Å². The van der Waals surface area contributed by atoms with Gasteiger partial charge in [-0.15, -0.1) is 6.58 Å². The number of amides is 2. The topological polar surface area (TPSA) is 82.5 Å². The number of nitrogens with one attached hydrogen (secondary N) is 1. The molecule has 2 amide bonds. The molecule has 1 heterocycles. The fraction of sp³-hybridized carbons (Fsp3) is 0.133. The van der Waals surface area contributed by atoms with Gasteiger partial charge in [0.15, 0.2) is 0 Å². The van der Waals surface area contributed by atoms with Crippen LogP contribution >= 0.6 is 0 Å². The Morgan fingerprint density at radius 3 is 2.90 bits per heavy atom. The first-order chi connectivity index (χ1) is 10.1. The summed E-state index contributed by atoms with van der Waals surface area (Å²) in [5, 5.41) is 12.4. The number of urea groups is 1. The van der Waals surface area contributed by atoms with E-state index in [0.717, 1.165) is 15.8 Å². The number of anilines is 1. The van der Waals surface area contributed by atoms with Gasteiger partial charge in [-0.2, -0.15) is 0 Å². The number of carbonyl (C=O) groups excluding carboxylic acids is 1. The minimum atomic E-state index is -1.07. The highest BCUT2D eigenvalue weighted by atomic mass is 16.4. The predicted octanol–water partition coefficient (Wildman–Crippen LogP) is 2.34. The molecule has 0 saturated heterocycles. The smallest absolute Gasteiger partial charge is 0.323 e. The standard InChI is InChI=1S/C15H15N3O3/c1-2-8-18(10-14(19)20)15(21)17-12-5-6-13-11(9-12)4-3-7-16-13/h2-7,9H,1,8,10H2,(H,17,21)(H,19,20). The van der Waals surface area contributed by atoms with Crippen LogP contribution in [0, 0.1) is 0 Å². The number of hydrogen-bond acceptors (Lipinski definition) is 3. The number of carbonyl (C=O) groups is 2. The molecule has 0 aliphatic rings. The molecule has 6 nitrogen and oxygen atoms in total. The van der Waals surface area contributed by atoms with Crippen molar-refractivity contribution in [1.29, 1.82) is 0 Å². The van der Waals surface area contributed by atoms with Crippen molar-refractivity contribution in [1.82, 2.24) is 9.88 Å². The Morgan fingerprint density at radius 1 is 1.38 bits per heavy atom. The van der Waals surface area contributed by atoms with E-state index in [1.54, 1.807) is 24.4 Å². The van der Waals surface area contributed by atoms with Crippen LogP contribution < -0.4 is 5.32 Å². The van der Waals surface area contributed by atoms with Crippen LogP contribution in [-0.4, -0.2) is 40.1 Å². The van der Waals surface area contributed by atoms with Gasteiger partial charge in [0, 0.05) is 23.8 Å². The van der Waals surface area contributed by atoms with Crippen molar-refractivity contribution >= 4 is 28.6 Å². The van der Waals surface area contributed by atoms with Crippen molar-refractivity contribution in [2.45, 2.75) is 0 Å². The molecule has 0 atom stereocenters. The van der Waals surface area contributed by atoms with E-state index in [0.29, 0.717) is 5.69 Å². The van der Waals surface area contributed by atoms with Gasteiger partial charge in [-0.1, -0.05) is 12.1 Å². The highest BCUT2D eigenvalue weighted by molar-refractivity contribution is 5.94. The Morgan fingerprint density at radius 2 is 2.19 bits per heavy atom. The minimum Gasteiger partial charge on any atom is -0.480 e. The highest BCUT2D eigenvalue weighted by Crippen LogP contribution is 2.17. The van der Waals surface area contributed by atoms with Crippen LogP contribution in [0.5, 0.6) is 0 Å². The number of benzene rings is 1. The maximum atomic E-state index is 12.1. The fourth-order valence-electron chi connectivity index (χ4n) is 1.89. The van der Waals surface area contributed by atoms with E-state index in [2.05, 4.69) is 16.9 Å². The number of nitrogens with zero attached hydrogens (tertiary/aromatic N) is 2. The number of rotatable bonds is 5. The predicted molar refractivity (Wildman–Crippen MR) is 80.2 cm³/mol. The van der Waals surface area contributed by atoms with Crippen molar-refractivity contribution in [2.75, 3.05) is 18.4 Å². The summed E-state index contributed by atoms with van der Waals surface area (Å²) < 4.78 is 0. The number of aliphatic carboxylic acids is 1. The summed E-state index contributed by atoms with van der Waals surface area (Å²) in [5.74, 6) is -1.07. The quantitative estimate of drug-likeness (QED) is 0.826. The van der Waals surface area contributed by atoms with Gasteiger partial charge in [0.25, 0.3) is 0 Å². The summed E-state index contributed by atoms with van der Waals surface area (Å²) >= 11 is 0. The monoisotopic (exact) mass is 285 g/mol. The number of carboxylic acids is 1. The molecule has 21 heavy (non-hydrogen) atoms. The average Bonchev–Trinajstić information content (AvgIpc) is 2.46. The lowest BCUT2D eigenvalue weighted by molar-refractivity contribution is -0.137. The molecule has 0 fully saturated rings. The Labute approximate surface area is 121 Å². The van der Waals surface area contributed by atoms with Gasteiger partial charge in [0.2, 0.25) is 0 Å². The summed E-state index contributed by atoms with van der Waals surface area (Å²) in [7, 11) is 0. The lowest BCUT2D eigenvalue weighted by Gasteiger charge is -2.19. The molecule has 108 valence electrons. The molecule has 0 aliphatic heterocycles. The third kappa shape index (κ3) is 3.79. The zero-order chi connectivity index (χ0) is 15.2. The third-order valence-corrected chi connectivity index (χ3v) is 2.82. The number of fused-ring (bicyclic) bond motifs is 1. The largest absolute Gasteiger partial charge is 0.480 e. The van der Waals surface area contributed by atoms with E-state index in [9.17, 15) is 9.59 Å². The summed E-state index contributed by atoms with van der Waals surface area (Å²) in [6.07, 6.45) is 3.17. The first-order valence-corrected chi connectivity index (χ1v) is 6.33. The van der Waals surface area contributed by atoms with Crippen molar-refractivity contribution in [3.05, 3.63) is 49.2 Å². The zero-order valence-corrected chi connectivity index (χ0v) is 11.3. The number of pyridine rings is 1.